The lowest BCUT2D eigenvalue weighted by atomic mass is 10.2. The predicted octanol–water partition coefficient (Wildman–Crippen LogP) is 2.30. The first-order valence-electron chi connectivity index (χ1n) is 6.75. The summed E-state index contributed by atoms with van der Waals surface area (Å²) in [6.07, 6.45) is 5.33. The highest BCUT2D eigenvalue weighted by molar-refractivity contribution is 7.89. The molecule has 0 spiro atoms. The summed E-state index contributed by atoms with van der Waals surface area (Å²) in [4.78, 5) is 3.79. The molecule has 0 radical (unpaired) electrons. The Morgan fingerprint density at radius 2 is 2.05 bits per heavy atom. The number of pyridine rings is 1. The van der Waals surface area contributed by atoms with Crippen LogP contribution in [0.1, 0.15) is 32.6 Å². The first-order valence-corrected chi connectivity index (χ1v) is 8.57. The fourth-order valence-electron chi connectivity index (χ4n) is 1.88. The van der Waals surface area contributed by atoms with E-state index in [0.29, 0.717) is 6.54 Å². The Kier molecular flexibility index (Phi) is 7.43. The van der Waals surface area contributed by atoms with Crippen molar-refractivity contribution < 1.29 is 13.5 Å². The molecule has 0 fully saturated rings. The Morgan fingerprint density at radius 1 is 1.30 bits per heavy atom. The highest BCUT2D eigenvalue weighted by Gasteiger charge is 2.26. The number of aromatic nitrogens is 1. The van der Waals surface area contributed by atoms with E-state index in [-0.39, 0.29) is 23.2 Å². The molecule has 20 heavy (non-hydrogen) atoms. The fourth-order valence-corrected chi connectivity index (χ4v) is 3.78. The Labute approximate surface area is 125 Å². The van der Waals surface area contributed by atoms with Gasteiger partial charge in [-0.25, -0.2) is 13.4 Å². The van der Waals surface area contributed by atoms with Gasteiger partial charge in [0.05, 0.1) is 6.61 Å². The van der Waals surface area contributed by atoms with E-state index in [1.807, 2.05) is 0 Å². The normalized spacial score (nSPS) is 12.0. The third-order valence-corrected chi connectivity index (χ3v) is 5.30. The van der Waals surface area contributed by atoms with Gasteiger partial charge >= 0.3 is 0 Å². The van der Waals surface area contributed by atoms with Gasteiger partial charge in [-0.1, -0.05) is 37.8 Å². The van der Waals surface area contributed by atoms with Gasteiger partial charge in [-0.3, -0.25) is 0 Å². The molecule has 0 aliphatic heterocycles. The second kappa shape index (κ2) is 8.56. The lowest BCUT2D eigenvalue weighted by Crippen LogP contribution is -2.34. The van der Waals surface area contributed by atoms with Crippen LogP contribution in [0.5, 0.6) is 0 Å². The topological polar surface area (TPSA) is 70.5 Å². The molecule has 0 aliphatic rings. The smallest absolute Gasteiger partial charge is 0.246 e. The summed E-state index contributed by atoms with van der Waals surface area (Å²) >= 11 is 5.86. The number of nitrogens with zero attached hydrogens (tertiary/aromatic N) is 2. The van der Waals surface area contributed by atoms with Gasteiger partial charge in [-0.2, -0.15) is 4.31 Å². The van der Waals surface area contributed by atoms with Crippen molar-refractivity contribution in [1.29, 1.82) is 0 Å². The summed E-state index contributed by atoms with van der Waals surface area (Å²) in [7, 11) is -3.70. The van der Waals surface area contributed by atoms with E-state index in [1.165, 1.54) is 22.6 Å². The molecule has 5 nitrogen and oxygen atoms in total. The number of unbranched alkanes of at least 4 members (excludes halogenated alkanes) is 3. The fraction of sp³-hybridized carbons (Fsp3) is 0.615. The monoisotopic (exact) mass is 320 g/mol. The maximum atomic E-state index is 12.5. The molecule has 0 unspecified atom stereocenters. The van der Waals surface area contributed by atoms with Crippen molar-refractivity contribution in [3.63, 3.8) is 0 Å². The number of rotatable bonds is 9. The van der Waals surface area contributed by atoms with Gasteiger partial charge in [0.1, 0.15) is 10.0 Å². The van der Waals surface area contributed by atoms with Crippen LogP contribution in [0.4, 0.5) is 0 Å². The van der Waals surface area contributed by atoms with Crippen LogP contribution in [-0.2, 0) is 10.0 Å². The van der Waals surface area contributed by atoms with Gasteiger partial charge in [0.25, 0.3) is 0 Å². The number of halogens is 1. The molecule has 0 saturated carbocycles. The lowest BCUT2D eigenvalue weighted by molar-refractivity contribution is 0.251. The van der Waals surface area contributed by atoms with Gasteiger partial charge in [0.2, 0.25) is 10.0 Å². The van der Waals surface area contributed by atoms with Crippen LogP contribution in [0.25, 0.3) is 0 Å². The van der Waals surface area contributed by atoms with Gasteiger partial charge in [-0.15, -0.1) is 0 Å². The number of hydrogen-bond acceptors (Lipinski definition) is 4. The molecule has 1 N–H and O–H groups in total. The van der Waals surface area contributed by atoms with Crippen molar-refractivity contribution in [2.45, 2.75) is 37.5 Å². The molecular weight excluding hydrogens is 300 g/mol. The molecule has 114 valence electrons. The molecule has 1 heterocycles. The summed E-state index contributed by atoms with van der Waals surface area (Å²) in [5.41, 5.74) is 0. The summed E-state index contributed by atoms with van der Waals surface area (Å²) in [5, 5.41) is 9.03. The molecule has 0 aliphatic carbocycles. The average Bonchev–Trinajstić information content (AvgIpc) is 2.42. The summed E-state index contributed by atoms with van der Waals surface area (Å²) in [6, 6.07) is 2.97. The molecule has 0 amide bonds. The first-order chi connectivity index (χ1) is 9.54. The van der Waals surface area contributed by atoms with E-state index >= 15 is 0 Å². The van der Waals surface area contributed by atoms with E-state index in [1.54, 1.807) is 0 Å². The van der Waals surface area contributed by atoms with E-state index in [2.05, 4.69) is 11.9 Å². The van der Waals surface area contributed by atoms with Crippen LogP contribution in [0, 0.1) is 0 Å². The lowest BCUT2D eigenvalue weighted by Gasteiger charge is -2.21. The molecule has 1 rings (SSSR count). The highest BCUT2D eigenvalue weighted by Crippen LogP contribution is 2.22. The van der Waals surface area contributed by atoms with Crippen molar-refractivity contribution in [1.82, 2.24) is 9.29 Å². The summed E-state index contributed by atoms with van der Waals surface area (Å²) in [5.74, 6) is 0. The molecular formula is C13H21ClN2O3S. The van der Waals surface area contributed by atoms with Crippen LogP contribution in [0.15, 0.2) is 23.2 Å². The highest BCUT2D eigenvalue weighted by atomic mass is 35.5. The molecule has 0 atom stereocenters. The van der Waals surface area contributed by atoms with E-state index in [9.17, 15) is 8.42 Å². The molecule has 7 heteroatoms. The van der Waals surface area contributed by atoms with Gasteiger partial charge in [-0.05, 0) is 18.6 Å². The zero-order valence-electron chi connectivity index (χ0n) is 11.6. The van der Waals surface area contributed by atoms with Gasteiger partial charge < -0.3 is 5.11 Å². The predicted molar refractivity (Wildman–Crippen MR) is 79.2 cm³/mol. The Balaban J connectivity index is 2.86. The third kappa shape index (κ3) is 4.70. The third-order valence-electron chi connectivity index (χ3n) is 2.95. The quantitative estimate of drug-likeness (QED) is 0.560. The van der Waals surface area contributed by atoms with Crippen molar-refractivity contribution >= 4 is 21.6 Å². The molecule has 1 aromatic heterocycles. The van der Waals surface area contributed by atoms with Crippen molar-refractivity contribution in [2.75, 3.05) is 19.7 Å². The van der Waals surface area contributed by atoms with Crippen LogP contribution in [0.3, 0.4) is 0 Å². The van der Waals surface area contributed by atoms with E-state index in [4.69, 9.17) is 16.7 Å². The number of aliphatic hydroxyl groups is 1. The van der Waals surface area contributed by atoms with Gasteiger partial charge in [0, 0.05) is 19.3 Å². The van der Waals surface area contributed by atoms with E-state index in [0.717, 1.165) is 25.7 Å². The van der Waals surface area contributed by atoms with E-state index < -0.39 is 10.0 Å². The maximum absolute atomic E-state index is 12.5. The zero-order chi connectivity index (χ0) is 15.0. The van der Waals surface area contributed by atoms with Crippen LogP contribution >= 0.6 is 11.6 Å². The molecule has 0 aromatic carbocycles. The SMILES string of the molecule is CCCCCCN(CCO)S(=O)(=O)c1cccnc1Cl. The molecule has 0 bridgehead atoms. The number of aliphatic hydroxyl groups excluding tert-OH is 1. The Hall–Kier alpha value is -0.690. The van der Waals surface area contributed by atoms with Crippen LogP contribution in [0.2, 0.25) is 5.15 Å². The zero-order valence-corrected chi connectivity index (χ0v) is 13.2. The molecule has 1 aromatic rings. The average molecular weight is 321 g/mol. The van der Waals surface area contributed by atoms with Crippen LogP contribution < -0.4 is 0 Å². The number of hydrogen-bond donors (Lipinski definition) is 1. The second-order valence-electron chi connectivity index (χ2n) is 4.48. The largest absolute Gasteiger partial charge is 0.395 e. The first kappa shape index (κ1) is 17.4. The van der Waals surface area contributed by atoms with Crippen LogP contribution in [-0.4, -0.2) is 42.5 Å². The molecule has 0 saturated heterocycles. The summed E-state index contributed by atoms with van der Waals surface area (Å²) < 4.78 is 26.3. The minimum Gasteiger partial charge on any atom is -0.395 e. The van der Waals surface area contributed by atoms with Gasteiger partial charge in [0.15, 0.2) is 0 Å². The number of sulfonamides is 1. The Morgan fingerprint density at radius 3 is 2.65 bits per heavy atom. The Bertz CT molecular complexity index is 508. The minimum atomic E-state index is -3.70. The maximum Gasteiger partial charge on any atom is 0.246 e. The minimum absolute atomic E-state index is 0.00870. The van der Waals surface area contributed by atoms with Crippen molar-refractivity contribution in [2.24, 2.45) is 0 Å². The van der Waals surface area contributed by atoms with Crippen molar-refractivity contribution in [3.8, 4) is 0 Å². The standard InChI is InChI=1S/C13H21ClN2O3S/c1-2-3-4-5-9-16(10-11-17)20(18,19)12-7-6-8-15-13(12)14/h6-8,17H,2-5,9-11H2,1H3. The summed E-state index contributed by atoms with van der Waals surface area (Å²) in [6.45, 7) is 2.33. The second-order valence-corrected chi connectivity index (χ2v) is 6.75. The van der Waals surface area contributed by atoms with Crippen molar-refractivity contribution in [3.05, 3.63) is 23.5 Å².